The van der Waals surface area contributed by atoms with Gasteiger partial charge in [-0.15, -0.1) is 12.4 Å². The second-order valence-electron chi connectivity index (χ2n) is 4.30. The van der Waals surface area contributed by atoms with Gasteiger partial charge < -0.3 is 15.6 Å². The molecule has 3 N–H and O–H groups in total. The smallest absolute Gasteiger partial charge is 0.416 e. The minimum atomic E-state index is -4.51. The minimum absolute atomic E-state index is 0. The molecule has 0 saturated carbocycles. The normalized spacial score (nSPS) is 10.8. The van der Waals surface area contributed by atoms with Crippen molar-refractivity contribution in [1.82, 2.24) is 0 Å². The molecule has 0 unspecified atom stereocenters. The number of carboxylic acid groups (broad SMARTS) is 1. The summed E-state index contributed by atoms with van der Waals surface area (Å²) in [4.78, 5) is 11.0. The molecule has 0 aromatic heterocycles. The van der Waals surface area contributed by atoms with E-state index in [2.05, 4.69) is 0 Å². The zero-order valence-corrected chi connectivity index (χ0v) is 12.8. The second-order valence-corrected chi connectivity index (χ2v) is 4.71. The van der Waals surface area contributed by atoms with Crippen molar-refractivity contribution in [3.8, 4) is 11.5 Å². The largest absolute Gasteiger partial charge is 0.478 e. The lowest BCUT2D eigenvalue weighted by atomic mass is 10.1. The highest BCUT2D eigenvalue weighted by atomic mass is 35.5. The molecule has 124 valence electrons. The third-order valence-electron chi connectivity index (χ3n) is 2.74. The Hall–Kier alpha value is -2.12. The number of carboxylic acids is 1. The highest BCUT2D eigenvalue weighted by molar-refractivity contribution is 6.32. The molecule has 9 heteroatoms. The minimum Gasteiger partial charge on any atom is -0.478 e. The molecule has 0 spiro atoms. The van der Waals surface area contributed by atoms with Crippen LogP contribution in [0.5, 0.6) is 11.5 Å². The van der Waals surface area contributed by atoms with E-state index in [1.165, 1.54) is 12.1 Å². The Kier molecular flexibility index (Phi) is 5.74. The molecular formula is C14H10Cl2F3NO3. The van der Waals surface area contributed by atoms with E-state index in [0.717, 1.165) is 24.3 Å². The number of benzene rings is 2. The summed E-state index contributed by atoms with van der Waals surface area (Å²) in [7, 11) is 0. The van der Waals surface area contributed by atoms with E-state index in [-0.39, 0.29) is 40.2 Å². The van der Waals surface area contributed by atoms with E-state index in [9.17, 15) is 18.0 Å². The fourth-order valence-electron chi connectivity index (χ4n) is 1.67. The first-order valence-corrected chi connectivity index (χ1v) is 6.23. The summed E-state index contributed by atoms with van der Waals surface area (Å²) < 4.78 is 42.9. The lowest BCUT2D eigenvalue weighted by molar-refractivity contribution is -0.137. The van der Waals surface area contributed by atoms with Gasteiger partial charge in [0, 0.05) is 5.69 Å². The molecule has 0 heterocycles. The van der Waals surface area contributed by atoms with E-state index < -0.39 is 17.7 Å². The molecule has 0 aliphatic rings. The molecular weight excluding hydrogens is 358 g/mol. The van der Waals surface area contributed by atoms with Gasteiger partial charge in [0.15, 0.2) is 0 Å². The summed E-state index contributed by atoms with van der Waals surface area (Å²) in [6.07, 6.45) is -4.51. The van der Waals surface area contributed by atoms with Crippen LogP contribution in [-0.2, 0) is 6.18 Å². The predicted molar refractivity (Wildman–Crippen MR) is 81.6 cm³/mol. The molecule has 0 radical (unpaired) electrons. The number of hydrogen-bond donors (Lipinski definition) is 2. The van der Waals surface area contributed by atoms with Crippen LogP contribution >= 0.6 is 24.0 Å². The van der Waals surface area contributed by atoms with Crippen molar-refractivity contribution in [3.63, 3.8) is 0 Å². The Balaban J connectivity index is 0.00000264. The Labute approximate surface area is 140 Å². The molecule has 0 amide bonds. The lowest BCUT2D eigenvalue weighted by Gasteiger charge is -2.12. The van der Waals surface area contributed by atoms with Crippen LogP contribution in [0.2, 0.25) is 5.02 Å². The first-order chi connectivity index (χ1) is 10.2. The van der Waals surface area contributed by atoms with Crippen LogP contribution in [0.3, 0.4) is 0 Å². The van der Waals surface area contributed by atoms with Crippen LogP contribution in [-0.4, -0.2) is 11.1 Å². The number of carbonyl (C=O) groups is 1. The first kappa shape index (κ1) is 18.9. The first-order valence-electron chi connectivity index (χ1n) is 5.86. The quantitative estimate of drug-likeness (QED) is 0.760. The third kappa shape index (κ3) is 4.43. The van der Waals surface area contributed by atoms with Crippen LogP contribution in [0.15, 0.2) is 36.4 Å². The van der Waals surface area contributed by atoms with Gasteiger partial charge in [0.2, 0.25) is 0 Å². The molecule has 0 aliphatic heterocycles. The maximum absolute atomic E-state index is 12.5. The van der Waals surface area contributed by atoms with Crippen molar-refractivity contribution in [2.45, 2.75) is 6.18 Å². The molecule has 0 saturated heterocycles. The van der Waals surface area contributed by atoms with Gasteiger partial charge in [0.1, 0.15) is 11.5 Å². The maximum Gasteiger partial charge on any atom is 0.416 e. The summed E-state index contributed by atoms with van der Waals surface area (Å²) in [6, 6.07) is 6.46. The monoisotopic (exact) mass is 367 g/mol. The van der Waals surface area contributed by atoms with Crippen molar-refractivity contribution in [2.24, 2.45) is 0 Å². The highest BCUT2D eigenvalue weighted by Crippen LogP contribution is 2.36. The van der Waals surface area contributed by atoms with E-state index in [0.29, 0.717) is 0 Å². The van der Waals surface area contributed by atoms with E-state index in [4.69, 9.17) is 27.2 Å². The van der Waals surface area contributed by atoms with Crippen molar-refractivity contribution in [2.75, 3.05) is 5.73 Å². The lowest BCUT2D eigenvalue weighted by Crippen LogP contribution is -2.05. The average molecular weight is 368 g/mol. The number of halogens is 5. The number of anilines is 1. The molecule has 4 nitrogen and oxygen atoms in total. The number of aromatic carboxylic acids is 1. The van der Waals surface area contributed by atoms with Gasteiger partial charge in [0.25, 0.3) is 0 Å². The molecule has 0 atom stereocenters. The summed E-state index contributed by atoms with van der Waals surface area (Å²) in [5, 5.41) is 8.70. The Bertz CT molecular complexity index is 736. The summed E-state index contributed by atoms with van der Waals surface area (Å²) in [6.45, 7) is 0. The summed E-state index contributed by atoms with van der Waals surface area (Å²) >= 11 is 5.75. The van der Waals surface area contributed by atoms with E-state index >= 15 is 0 Å². The molecule has 0 aliphatic carbocycles. The molecule has 23 heavy (non-hydrogen) atoms. The summed E-state index contributed by atoms with van der Waals surface area (Å²) in [5.41, 5.74) is 4.45. The number of ether oxygens (including phenoxy) is 1. The van der Waals surface area contributed by atoms with Crippen LogP contribution < -0.4 is 10.5 Å². The number of nitrogens with two attached hydrogens (primary N) is 1. The third-order valence-corrected chi connectivity index (χ3v) is 3.04. The van der Waals surface area contributed by atoms with Crippen LogP contribution in [0, 0.1) is 0 Å². The van der Waals surface area contributed by atoms with Gasteiger partial charge in [-0.1, -0.05) is 11.6 Å². The molecule has 2 rings (SSSR count). The number of nitrogen functional groups attached to an aromatic ring is 1. The average Bonchev–Trinajstić information content (AvgIpc) is 2.41. The van der Waals surface area contributed by atoms with Crippen LogP contribution in [0.25, 0.3) is 0 Å². The van der Waals surface area contributed by atoms with Crippen molar-refractivity contribution < 1.29 is 27.8 Å². The second kappa shape index (κ2) is 6.97. The fourth-order valence-corrected chi connectivity index (χ4v) is 1.89. The Morgan fingerprint density at radius 2 is 1.83 bits per heavy atom. The van der Waals surface area contributed by atoms with Gasteiger partial charge in [-0.25, -0.2) is 4.79 Å². The number of hydrogen-bond acceptors (Lipinski definition) is 3. The highest BCUT2D eigenvalue weighted by Gasteiger charge is 2.31. The zero-order chi connectivity index (χ0) is 16.5. The maximum atomic E-state index is 12.5. The standard InChI is InChI=1S/C14H9ClF3NO3.ClH/c15-10-5-7(14(16,17)18)1-4-12(10)22-8-2-3-11(19)9(6-8)13(20)21;/h1-6H,19H2,(H,20,21);1H. The molecule has 2 aromatic rings. The van der Waals surface area contributed by atoms with Crippen LogP contribution in [0.1, 0.15) is 15.9 Å². The molecule has 0 bridgehead atoms. The number of alkyl halides is 3. The number of rotatable bonds is 3. The Morgan fingerprint density at radius 1 is 1.17 bits per heavy atom. The van der Waals surface area contributed by atoms with Crippen molar-refractivity contribution in [3.05, 3.63) is 52.5 Å². The molecule has 0 fully saturated rings. The topological polar surface area (TPSA) is 72.5 Å². The van der Waals surface area contributed by atoms with Gasteiger partial charge in [-0.05, 0) is 36.4 Å². The van der Waals surface area contributed by atoms with Crippen molar-refractivity contribution in [1.29, 1.82) is 0 Å². The SMILES string of the molecule is Cl.Nc1ccc(Oc2ccc(C(F)(F)F)cc2Cl)cc1C(=O)O. The van der Waals surface area contributed by atoms with Gasteiger partial charge in [0.05, 0.1) is 16.1 Å². The van der Waals surface area contributed by atoms with Gasteiger partial charge in [-0.3, -0.25) is 0 Å². The fraction of sp³-hybridized carbons (Fsp3) is 0.0714. The Morgan fingerprint density at radius 3 is 2.35 bits per heavy atom. The summed E-state index contributed by atoms with van der Waals surface area (Å²) in [5.74, 6) is -1.19. The zero-order valence-electron chi connectivity index (χ0n) is 11.2. The van der Waals surface area contributed by atoms with Gasteiger partial charge >= 0.3 is 12.1 Å². The van der Waals surface area contributed by atoms with E-state index in [1.54, 1.807) is 0 Å². The molecule has 2 aromatic carbocycles. The van der Waals surface area contributed by atoms with Crippen LogP contribution in [0.4, 0.5) is 18.9 Å². The van der Waals surface area contributed by atoms with E-state index in [1.807, 2.05) is 0 Å². The van der Waals surface area contributed by atoms with Gasteiger partial charge in [-0.2, -0.15) is 13.2 Å². The van der Waals surface area contributed by atoms with Crippen molar-refractivity contribution >= 4 is 35.7 Å². The predicted octanol–water partition coefficient (Wildman–Crippen LogP) is 4.85.